The lowest BCUT2D eigenvalue weighted by Gasteiger charge is -2.35. The third-order valence-electron chi connectivity index (χ3n) is 8.44. The van der Waals surface area contributed by atoms with E-state index in [0.29, 0.717) is 11.8 Å². The molecule has 0 aliphatic carbocycles. The number of rotatable bonds is 5. The summed E-state index contributed by atoms with van der Waals surface area (Å²) in [6.07, 6.45) is 0. The van der Waals surface area contributed by atoms with E-state index < -0.39 is 0 Å². The first kappa shape index (κ1) is 25.4. The van der Waals surface area contributed by atoms with Crippen molar-refractivity contribution in [2.45, 2.75) is 72.4 Å². The van der Waals surface area contributed by atoms with Gasteiger partial charge in [-0.2, -0.15) is 0 Å². The van der Waals surface area contributed by atoms with Crippen molar-refractivity contribution >= 4 is 16.7 Å². The lowest BCUT2D eigenvalue weighted by molar-refractivity contribution is 0.563. The average molecular weight is 514 g/mol. The molecule has 2 atom stereocenters. The van der Waals surface area contributed by atoms with Crippen molar-refractivity contribution in [3.8, 4) is 11.1 Å². The number of nitrogens with one attached hydrogen (secondary N) is 1. The maximum absolute atomic E-state index is 5.47. The molecule has 3 heteroatoms. The molecule has 0 saturated carbocycles. The minimum absolute atomic E-state index is 0.0507. The Kier molecular flexibility index (Phi) is 6.33. The smallest absolute Gasteiger partial charge is 0.137 e. The summed E-state index contributed by atoms with van der Waals surface area (Å²) in [7, 11) is 0. The van der Waals surface area contributed by atoms with Gasteiger partial charge in [0, 0.05) is 11.3 Å². The maximum Gasteiger partial charge on any atom is 0.137 e. The van der Waals surface area contributed by atoms with Gasteiger partial charge >= 0.3 is 0 Å². The summed E-state index contributed by atoms with van der Waals surface area (Å²) in [5, 5.41) is 4.11. The number of hydrogen-bond acceptors (Lipinski definition) is 2. The second-order valence-corrected chi connectivity index (χ2v) is 11.8. The number of anilines is 1. The zero-order chi connectivity index (χ0) is 27.4. The molecule has 3 nitrogen and oxygen atoms in total. The molecular formula is C36H39N3. The second kappa shape index (κ2) is 9.72. The highest BCUT2D eigenvalue weighted by Crippen LogP contribution is 2.46. The van der Waals surface area contributed by atoms with Gasteiger partial charge in [-0.3, -0.25) is 0 Å². The van der Waals surface area contributed by atoms with Crippen LogP contribution >= 0.6 is 0 Å². The van der Waals surface area contributed by atoms with Crippen LogP contribution in [0.25, 0.3) is 22.2 Å². The molecule has 0 amide bonds. The Balaban J connectivity index is 1.64. The van der Waals surface area contributed by atoms with E-state index in [0.717, 1.165) is 11.3 Å². The van der Waals surface area contributed by atoms with Crippen LogP contribution in [0, 0.1) is 13.8 Å². The molecule has 39 heavy (non-hydrogen) atoms. The van der Waals surface area contributed by atoms with Gasteiger partial charge in [-0.15, -0.1) is 0 Å². The van der Waals surface area contributed by atoms with Gasteiger partial charge < -0.3 is 9.88 Å². The fourth-order valence-corrected chi connectivity index (χ4v) is 6.61. The van der Waals surface area contributed by atoms with E-state index in [-0.39, 0.29) is 12.1 Å². The van der Waals surface area contributed by atoms with E-state index in [1.807, 2.05) is 0 Å². The molecule has 0 fully saturated rings. The molecule has 1 aliphatic heterocycles. The SMILES string of the molecule is Cc1cc(C)c2c(c1)C(C)n1c(nc3c(-c4ccccc4)cccc31)C2Nc1c(C(C)C)cccc1C(C)C. The van der Waals surface area contributed by atoms with Gasteiger partial charge in [-0.1, -0.05) is 106 Å². The predicted octanol–water partition coefficient (Wildman–Crippen LogP) is 9.69. The minimum Gasteiger partial charge on any atom is -0.371 e. The van der Waals surface area contributed by atoms with E-state index in [1.165, 1.54) is 55.7 Å². The lowest BCUT2D eigenvalue weighted by Crippen LogP contribution is -2.29. The van der Waals surface area contributed by atoms with Gasteiger partial charge in [-0.05, 0) is 72.1 Å². The largest absolute Gasteiger partial charge is 0.371 e. The van der Waals surface area contributed by atoms with E-state index in [2.05, 4.69) is 137 Å². The topological polar surface area (TPSA) is 29.9 Å². The molecule has 0 spiro atoms. The Labute approximate surface area is 232 Å². The summed E-state index contributed by atoms with van der Waals surface area (Å²) in [6, 6.07) is 28.9. The van der Waals surface area contributed by atoms with E-state index in [1.54, 1.807) is 0 Å². The van der Waals surface area contributed by atoms with Crippen molar-refractivity contribution in [2.75, 3.05) is 5.32 Å². The molecule has 0 radical (unpaired) electrons. The molecule has 0 saturated heterocycles. The van der Waals surface area contributed by atoms with Crippen LogP contribution in [-0.4, -0.2) is 9.55 Å². The first-order valence-electron chi connectivity index (χ1n) is 14.3. The normalized spacial score (nSPS) is 16.5. The van der Waals surface area contributed by atoms with Gasteiger partial charge in [-0.25, -0.2) is 4.98 Å². The first-order chi connectivity index (χ1) is 18.8. The van der Waals surface area contributed by atoms with Crippen molar-refractivity contribution in [1.82, 2.24) is 9.55 Å². The van der Waals surface area contributed by atoms with Crippen LogP contribution in [0.5, 0.6) is 0 Å². The fraction of sp³-hybridized carbons (Fsp3) is 0.306. The monoisotopic (exact) mass is 513 g/mol. The third-order valence-corrected chi connectivity index (χ3v) is 8.44. The molecule has 0 bridgehead atoms. The molecular weight excluding hydrogens is 474 g/mol. The molecule has 5 aromatic rings. The Morgan fingerprint density at radius 1 is 0.795 bits per heavy atom. The summed E-state index contributed by atoms with van der Waals surface area (Å²) in [6.45, 7) is 16.0. The van der Waals surface area contributed by atoms with Gasteiger partial charge in [0.05, 0.1) is 17.1 Å². The number of fused-ring (bicyclic) bond motifs is 4. The zero-order valence-electron chi connectivity index (χ0n) is 24.2. The van der Waals surface area contributed by atoms with Gasteiger partial charge in [0.2, 0.25) is 0 Å². The van der Waals surface area contributed by atoms with Crippen LogP contribution in [-0.2, 0) is 0 Å². The molecule has 2 heterocycles. The van der Waals surface area contributed by atoms with Crippen molar-refractivity contribution in [3.63, 3.8) is 0 Å². The fourth-order valence-electron chi connectivity index (χ4n) is 6.61. The number of hydrogen-bond donors (Lipinski definition) is 1. The first-order valence-corrected chi connectivity index (χ1v) is 14.3. The highest BCUT2D eigenvalue weighted by molar-refractivity contribution is 5.93. The number of para-hydroxylation sites is 2. The average Bonchev–Trinajstić information content (AvgIpc) is 3.31. The van der Waals surface area contributed by atoms with Crippen molar-refractivity contribution in [2.24, 2.45) is 0 Å². The molecule has 2 unspecified atom stereocenters. The highest BCUT2D eigenvalue weighted by Gasteiger charge is 2.35. The number of imidazole rings is 1. The quantitative estimate of drug-likeness (QED) is 0.253. The standard InChI is InChI=1S/C36H39N3/c1-21(2)27-15-11-16-28(22(3)4)33(27)37-35-32-24(6)19-23(5)20-30(32)25(7)39-31-18-12-17-29(34(31)38-36(35)39)26-13-9-8-10-14-26/h8-22,25,35,37H,1-7H3. The molecule has 4 aromatic carbocycles. The second-order valence-electron chi connectivity index (χ2n) is 11.8. The summed E-state index contributed by atoms with van der Waals surface area (Å²) >= 11 is 0. The third kappa shape index (κ3) is 4.16. The molecule has 1 aliphatic rings. The van der Waals surface area contributed by atoms with Crippen LogP contribution in [0.3, 0.4) is 0 Å². The van der Waals surface area contributed by atoms with Crippen LogP contribution in [0.4, 0.5) is 5.69 Å². The Hall–Kier alpha value is -3.85. The number of aromatic nitrogens is 2. The maximum atomic E-state index is 5.47. The van der Waals surface area contributed by atoms with Gasteiger partial charge in [0.15, 0.2) is 0 Å². The predicted molar refractivity (Wildman–Crippen MR) is 165 cm³/mol. The number of benzene rings is 4. The number of aryl methyl sites for hydroxylation is 2. The summed E-state index contributed by atoms with van der Waals surface area (Å²) in [5.41, 5.74) is 14.0. The van der Waals surface area contributed by atoms with E-state index in [4.69, 9.17) is 4.98 Å². The summed E-state index contributed by atoms with van der Waals surface area (Å²) in [4.78, 5) is 5.47. The van der Waals surface area contributed by atoms with Crippen molar-refractivity contribution in [1.29, 1.82) is 0 Å². The Bertz CT molecular complexity index is 1650. The molecule has 1 N–H and O–H groups in total. The lowest BCUT2D eigenvalue weighted by atomic mass is 9.85. The van der Waals surface area contributed by atoms with E-state index >= 15 is 0 Å². The molecule has 198 valence electrons. The van der Waals surface area contributed by atoms with Gasteiger partial charge in [0.25, 0.3) is 0 Å². The van der Waals surface area contributed by atoms with E-state index in [9.17, 15) is 0 Å². The van der Waals surface area contributed by atoms with Crippen LogP contribution in [0.15, 0.2) is 78.9 Å². The number of nitrogens with zero attached hydrogens (tertiary/aromatic N) is 2. The zero-order valence-corrected chi connectivity index (χ0v) is 24.2. The van der Waals surface area contributed by atoms with Crippen molar-refractivity contribution in [3.05, 3.63) is 118 Å². The summed E-state index contributed by atoms with van der Waals surface area (Å²) < 4.78 is 2.48. The minimum atomic E-state index is -0.0507. The summed E-state index contributed by atoms with van der Waals surface area (Å²) in [5.74, 6) is 1.92. The Morgan fingerprint density at radius 3 is 2.13 bits per heavy atom. The van der Waals surface area contributed by atoms with Crippen LogP contribution < -0.4 is 5.32 Å². The van der Waals surface area contributed by atoms with Gasteiger partial charge in [0.1, 0.15) is 11.9 Å². The molecule has 1 aromatic heterocycles. The molecule has 6 rings (SSSR count). The van der Waals surface area contributed by atoms with Crippen molar-refractivity contribution < 1.29 is 0 Å². The highest BCUT2D eigenvalue weighted by atomic mass is 15.2. The Morgan fingerprint density at radius 2 is 1.46 bits per heavy atom. The van der Waals surface area contributed by atoms with Crippen LogP contribution in [0.2, 0.25) is 0 Å². The van der Waals surface area contributed by atoms with Crippen LogP contribution in [0.1, 0.15) is 97.7 Å².